The van der Waals surface area contributed by atoms with Crippen molar-refractivity contribution >= 4 is 11.9 Å². The van der Waals surface area contributed by atoms with Gasteiger partial charge in [0.15, 0.2) is 0 Å². The molecule has 4 heteroatoms. The van der Waals surface area contributed by atoms with Crippen LogP contribution in [-0.4, -0.2) is 25.7 Å². The van der Waals surface area contributed by atoms with E-state index in [0.29, 0.717) is 18.1 Å². The number of carbonyl (C=O) groups excluding carboxylic acids is 2. The fourth-order valence-corrected chi connectivity index (χ4v) is 2.98. The Morgan fingerprint density at radius 1 is 1.19 bits per heavy atom. The van der Waals surface area contributed by atoms with Crippen LogP contribution < -0.4 is 0 Å². The molecule has 4 nitrogen and oxygen atoms in total. The van der Waals surface area contributed by atoms with E-state index in [4.69, 9.17) is 9.47 Å². The van der Waals surface area contributed by atoms with Crippen molar-refractivity contribution in [2.75, 3.05) is 13.7 Å². The first kappa shape index (κ1) is 15.5. The molecule has 0 spiro atoms. The Morgan fingerprint density at radius 2 is 1.90 bits per heavy atom. The van der Waals surface area contributed by atoms with Gasteiger partial charge in [-0.3, -0.25) is 4.79 Å². The molecule has 0 aromatic heterocycles. The minimum Gasteiger partial charge on any atom is -0.466 e. The number of rotatable bonds is 4. The summed E-state index contributed by atoms with van der Waals surface area (Å²) in [5.41, 5.74) is 1.73. The van der Waals surface area contributed by atoms with Crippen molar-refractivity contribution in [3.63, 3.8) is 0 Å². The fraction of sp³-hybridized carbons (Fsp3) is 0.529. The summed E-state index contributed by atoms with van der Waals surface area (Å²) in [5.74, 6) is -0.0354. The second-order valence-electron chi connectivity index (χ2n) is 5.43. The van der Waals surface area contributed by atoms with Crippen LogP contribution in [0.3, 0.4) is 0 Å². The van der Waals surface area contributed by atoms with E-state index in [9.17, 15) is 9.59 Å². The summed E-state index contributed by atoms with van der Waals surface area (Å²) >= 11 is 0. The molecule has 0 radical (unpaired) electrons. The second-order valence-corrected chi connectivity index (χ2v) is 5.43. The highest BCUT2D eigenvalue weighted by Crippen LogP contribution is 2.36. The van der Waals surface area contributed by atoms with Crippen LogP contribution in [-0.2, 0) is 14.3 Å². The zero-order valence-corrected chi connectivity index (χ0v) is 12.6. The molecule has 1 aliphatic rings. The van der Waals surface area contributed by atoms with Crippen LogP contribution in [0.2, 0.25) is 0 Å². The van der Waals surface area contributed by atoms with Crippen molar-refractivity contribution in [3.8, 4) is 0 Å². The van der Waals surface area contributed by atoms with Gasteiger partial charge in [-0.1, -0.05) is 18.6 Å². The van der Waals surface area contributed by atoms with E-state index in [1.807, 2.05) is 19.1 Å². The molecule has 2 atom stereocenters. The third-order valence-corrected chi connectivity index (χ3v) is 4.10. The van der Waals surface area contributed by atoms with E-state index in [1.165, 1.54) is 12.7 Å². The number of methoxy groups -OCH3 is 1. The van der Waals surface area contributed by atoms with E-state index >= 15 is 0 Å². The molecular formula is C17H22O4. The number of carbonyl (C=O) groups is 2. The molecule has 0 heterocycles. The molecule has 0 aliphatic heterocycles. The zero-order chi connectivity index (χ0) is 15.2. The van der Waals surface area contributed by atoms with Crippen LogP contribution in [0.15, 0.2) is 24.3 Å². The molecule has 2 rings (SSSR count). The van der Waals surface area contributed by atoms with Crippen LogP contribution in [0.25, 0.3) is 0 Å². The van der Waals surface area contributed by atoms with Gasteiger partial charge in [0.2, 0.25) is 0 Å². The minimum atomic E-state index is -0.324. The van der Waals surface area contributed by atoms with E-state index in [-0.39, 0.29) is 17.9 Å². The molecule has 1 aromatic carbocycles. The lowest BCUT2D eigenvalue weighted by molar-refractivity contribution is -0.149. The zero-order valence-electron chi connectivity index (χ0n) is 12.6. The average Bonchev–Trinajstić information content (AvgIpc) is 2.54. The van der Waals surface area contributed by atoms with E-state index in [0.717, 1.165) is 25.7 Å². The average molecular weight is 290 g/mol. The van der Waals surface area contributed by atoms with Crippen molar-refractivity contribution in [1.29, 1.82) is 0 Å². The van der Waals surface area contributed by atoms with Crippen molar-refractivity contribution in [2.45, 2.75) is 38.5 Å². The third kappa shape index (κ3) is 3.84. The minimum absolute atomic E-state index is 0.00369. The van der Waals surface area contributed by atoms with Gasteiger partial charge < -0.3 is 9.47 Å². The molecule has 0 N–H and O–H groups in total. The molecule has 0 saturated heterocycles. The maximum atomic E-state index is 11.9. The Morgan fingerprint density at radius 3 is 2.52 bits per heavy atom. The summed E-state index contributed by atoms with van der Waals surface area (Å²) in [5, 5.41) is 0. The van der Waals surface area contributed by atoms with Crippen LogP contribution in [0, 0.1) is 5.92 Å². The van der Waals surface area contributed by atoms with Crippen molar-refractivity contribution in [2.24, 2.45) is 5.92 Å². The summed E-state index contributed by atoms with van der Waals surface area (Å²) in [6, 6.07) is 7.50. The van der Waals surface area contributed by atoms with Gasteiger partial charge in [-0.15, -0.1) is 0 Å². The summed E-state index contributed by atoms with van der Waals surface area (Å²) in [6.45, 7) is 2.28. The van der Waals surface area contributed by atoms with Gasteiger partial charge in [0.25, 0.3) is 0 Å². The highest BCUT2D eigenvalue weighted by molar-refractivity contribution is 5.89. The number of hydrogen-bond donors (Lipinski definition) is 0. The standard InChI is InChI=1S/C17H22O4/c1-3-21-17(19)15-6-4-5-14(11-15)12-7-9-13(10-8-12)16(18)20-2/h7-10,14-15H,3-6,11H2,1-2H3/t14-,15+/m0/s1. The van der Waals surface area contributed by atoms with Crippen molar-refractivity contribution in [3.05, 3.63) is 35.4 Å². The predicted octanol–water partition coefficient (Wildman–Crippen LogP) is 3.31. The second kappa shape index (κ2) is 7.25. The van der Waals surface area contributed by atoms with Crippen LogP contribution in [0.1, 0.15) is 54.4 Å². The van der Waals surface area contributed by atoms with Gasteiger partial charge in [0.1, 0.15) is 0 Å². The van der Waals surface area contributed by atoms with Gasteiger partial charge in [-0.05, 0) is 49.8 Å². The highest BCUT2D eigenvalue weighted by Gasteiger charge is 2.29. The Hall–Kier alpha value is -1.84. The van der Waals surface area contributed by atoms with E-state index in [1.54, 1.807) is 12.1 Å². The lowest BCUT2D eigenvalue weighted by Crippen LogP contribution is -2.24. The quantitative estimate of drug-likeness (QED) is 0.798. The summed E-state index contributed by atoms with van der Waals surface area (Å²) in [6.07, 6.45) is 3.85. The van der Waals surface area contributed by atoms with Gasteiger partial charge in [-0.25, -0.2) is 4.79 Å². The maximum Gasteiger partial charge on any atom is 0.337 e. The normalized spacial score (nSPS) is 21.6. The van der Waals surface area contributed by atoms with Crippen LogP contribution in [0.5, 0.6) is 0 Å². The molecule has 0 bridgehead atoms. The third-order valence-electron chi connectivity index (χ3n) is 4.10. The first-order valence-corrected chi connectivity index (χ1v) is 7.50. The van der Waals surface area contributed by atoms with Gasteiger partial charge in [0.05, 0.1) is 25.2 Å². The lowest BCUT2D eigenvalue weighted by Gasteiger charge is -2.28. The molecule has 21 heavy (non-hydrogen) atoms. The van der Waals surface area contributed by atoms with E-state index < -0.39 is 0 Å². The first-order chi connectivity index (χ1) is 10.2. The smallest absolute Gasteiger partial charge is 0.337 e. The SMILES string of the molecule is CCOC(=O)[C@@H]1CCC[C@H](c2ccc(C(=O)OC)cc2)C1. The largest absolute Gasteiger partial charge is 0.466 e. The molecule has 1 aromatic rings. The van der Waals surface area contributed by atoms with Crippen LogP contribution in [0.4, 0.5) is 0 Å². The summed E-state index contributed by atoms with van der Waals surface area (Å²) in [4.78, 5) is 23.3. The number of hydrogen-bond acceptors (Lipinski definition) is 4. The van der Waals surface area contributed by atoms with Gasteiger partial charge >= 0.3 is 11.9 Å². The predicted molar refractivity (Wildman–Crippen MR) is 79.1 cm³/mol. The fourth-order valence-electron chi connectivity index (χ4n) is 2.98. The molecule has 0 amide bonds. The van der Waals surface area contributed by atoms with Crippen molar-refractivity contribution < 1.29 is 19.1 Å². The Labute approximate surface area is 125 Å². The van der Waals surface area contributed by atoms with Crippen LogP contribution >= 0.6 is 0 Å². The Balaban J connectivity index is 2.04. The molecule has 1 fully saturated rings. The summed E-state index contributed by atoms with van der Waals surface area (Å²) < 4.78 is 9.83. The maximum absolute atomic E-state index is 11.9. The number of benzene rings is 1. The van der Waals surface area contributed by atoms with Crippen molar-refractivity contribution in [1.82, 2.24) is 0 Å². The van der Waals surface area contributed by atoms with Gasteiger partial charge in [-0.2, -0.15) is 0 Å². The topological polar surface area (TPSA) is 52.6 Å². The molecule has 1 saturated carbocycles. The lowest BCUT2D eigenvalue weighted by atomic mass is 9.78. The highest BCUT2D eigenvalue weighted by atomic mass is 16.5. The Kier molecular flexibility index (Phi) is 5.37. The molecule has 1 aliphatic carbocycles. The number of esters is 2. The first-order valence-electron chi connectivity index (χ1n) is 7.50. The molecule has 0 unspecified atom stereocenters. The monoisotopic (exact) mass is 290 g/mol. The Bertz CT molecular complexity index is 492. The van der Waals surface area contributed by atoms with E-state index in [2.05, 4.69) is 0 Å². The van der Waals surface area contributed by atoms with Gasteiger partial charge in [0, 0.05) is 0 Å². The number of ether oxygens (including phenoxy) is 2. The molecular weight excluding hydrogens is 268 g/mol. The summed E-state index contributed by atoms with van der Waals surface area (Å²) in [7, 11) is 1.38. The molecule has 114 valence electrons.